The molecule has 1 aliphatic heterocycles. The maximum atomic E-state index is 10.0. The summed E-state index contributed by atoms with van der Waals surface area (Å²) in [6.45, 7) is 6.77. The lowest BCUT2D eigenvalue weighted by Crippen LogP contribution is -2.44. The molecule has 1 fully saturated rings. The number of aromatic nitrogens is 1. The number of aliphatic hydroxyl groups is 1. The van der Waals surface area contributed by atoms with Gasteiger partial charge in [-0.3, -0.25) is 9.88 Å². The van der Waals surface area contributed by atoms with Crippen molar-refractivity contribution < 1.29 is 9.84 Å². The number of hydrogen-bond acceptors (Lipinski definition) is 5. The average molecular weight is 265 g/mol. The van der Waals surface area contributed by atoms with Crippen molar-refractivity contribution in [3.05, 3.63) is 30.1 Å². The molecular weight excluding hydrogens is 242 g/mol. The first kappa shape index (κ1) is 14.4. The van der Waals surface area contributed by atoms with Gasteiger partial charge in [-0.2, -0.15) is 0 Å². The minimum atomic E-state index is -0.345. The molecule has 2 heterocycles. The Labute approximate surface area is 114 Å². The molecule has 0 bridgehead atoms. The fraction of sp³-hybridized carbons (Fsp3) is 0.643. The second-order valence-electron chi connectivity index (χ2n) is 4.98. The summed E-state index contributed by atoms with van der Waals surface area (Å²) in [6, 6.07) is 4.21. The molecule has 0 aliphatic carbocycles. The van der Waals surface area contributed by atoms with Gasteiger partial charge in [-0.1, -0.05) is 0 Å². The van der Waals surface area contributed by atoms with E-state index in [1.807, 2.05) is 12.1 Å². The monoisotopic (exact) mass is 265 g/mol. The van der Waals surface area contributed by atoms with Gasteiger partial charge in [0.15, 0.2) is 0 Å². The molecule has 1 saturated heterocycles. The molecule has 0 spiro atoms. The molecule has 19 heavy (non-hydrogen) atoms. The molecule has 1 aromatic heterocycles. The maximum Gasteiger partial charge on any atom is 0.0791 e. The maximum absolute atomic E-state index is 10.0. The van der Waals surface area contributed by atoms with E-state index in [2.05, 4.69) is 22.1 Å². The molecule has 2 rings (SSSR count). The van der Waals surface area contributed by atoms with Gasteiger partial charge < -0.3 is 15.2 Å². The second-order valence-corrected chi connectivity index (χ2v) is 4.98. The van der Waals surface area contributed by atoms with Crippen LogP contribution in [0, 0.1) is 0 Å². The number of morpholine rings is 1. The minimum Gasteiger partial charge on any atom is -0.390 e. The number of hydrogen-bond donors (Lipinski definition) is 2. The van der Waals surface area contributed by atoms with Gasteiger partial charge in [0.05, 0.1) is 19.3 Å². The Morgan fingerprint density at radius 1 is 1.37 bits per heavy atom. The quantitative estimate of drug-likeness (QED) is 0.781. The van der Waals surface area contributed by atoms with Gasteiger partial charge in [-0.15, -0.1) is 0 Å². The SMILES string of the molecule is C[C@@H](NCC(O)CN1CCOCC1)c1ccncc1. The third-order valence-electron chi connectivity index (χ3n) is 3.44. The second kappa shape index (κ2) is 7.55. The van der Waals surface area contributed by atoms with Crippen LogP contribution < -0.4 is 5.32 Å². The number of aliphatic hydroxyl groups excluding tert-OH is 1. The van der Waals surface area contributed by atoms with E-state index in [9.17, 15) is 5.11 Å². The van der Waals surface area contributed by atoms with Crippen molar-refractivity contribution in [1.29, 1.82) is 0 Å². The molecule has 5 heteroatoms. The van der Waals surface area contributed by atoms with Gasteiger partial charge in [0, 0.05) is 44.6 Å². The summed E-state index contributed by atoms with van der Waals surface area (Å²) in [5, 5.41) is 13.4. The first-order valence-corrected chi connectivity index (χ1v) is 6.87. The molecular formula is C14H23N3O2. The van der Waals surface area contributed by atoms with Crippen LogP contribution in [0.2, 0.25) is 0 Å². The Morgan fingerprint density at radius 2 is 2.05 bits per heavy atom. The largest absolute Gasteiger partial charge is 0.390 e. The highest BCUT2D eigenvalue weighted by atomic mass is 16.5. The van der Waals surface area contributed by atoms with Gasteiger partial charge in [0.1, 0.15) is 0 Å². The molecule has 1 aliphatic rings. The lowest BCUT2D eigenvalue weighted by Gasteiger charge is -2.29. The number of ether oxygens (including phenoxy) is 1. The smallest absolute Gasteiger partial charge is 0.0791 e. The van der Waals surface area contributed by atoms with E-state index in [1.54, 1.807) is 12.4 Å². The Bertz CT molecular complexity index is 355. The fourth-order valence-electron chi connectivity index (χ4n) is 2.23. The van der Waals surface area contributed by atoms with Gasteiger partial charge in [0.2, 0.25) is 0 Å². The number of nitrogens with one attached hydrogen (secondary N) is 1. The van der Waals surface area contributed by atoms with Crippen LogP contribution in [0.4, 0.5) is 0 Å². The number of pyridine rings is 1. The third-order valence-corrected chi connectivity index (χ3v) is 3.44. The van der Waals surface area contributed by atoms with Gasteiger partial charge in [-0.25, -0.2) is 0 Å². The van der Waals surface area contributed by atoms with E-state index in [4.69, 9.17) is 4.74 Å². The topological polar surface area (TPSA) is 57.6 Å². The van der Waals surface area contributed by atoms with Crippen LogP contribution >= 0.6 is 0 Å². The highest BCUT2D eigenvalue weighted by Crippen LogP contribution is 2.10. The summed E-state index contributed by atoms with van der Waals surface area (Å²) >= 11 is 0. The highest BCUT2D eigenvalue weighted by molar-refractivity contribution is 5.13. The predicted octanol–water partition coefficient (Wildman–Crippen LogP) is 0.425. The summed E-state index contributed by atoms with van der Waals surface area (Å²) in [5.41, 5.74) is 1.19. The van der Waals surface area contributed by atoms with E-state index in [1.165, 1.54) is 5.56 Å². The summed E-state index contributed by atoms with van der Waals surface area (Å²) in [4.78, 5) is 6.25. The Kier molecular flexibility index (Phi) is 5.72. The van der Waals surface area contributed by atoms with Crippen LogP contribution in [0.3, 0.4) is 0 Å². The van der Waals surface area contributed by atoms with Crippen molar-refractivity contribution in [3.63, 3.8) is 0 Å². The molecule has 0 saturated carbocycles. The minimum absolute atomic E-state index is 0.224. The van der Waals surface area contributed by atoms with Crippen LogP contribution in [-0.2, 0) is 4.74 Å². The number of nitrogens with zero attached hydrogens (tertiary/aromatic N) is 2. The summed E-state index contributed by atoms with van der Waals surface area (Å²) in [5.74, 6) is 0. The highest BCUT2D eigenvalue weighted by Gasteiger charge is 2.15. The van der Waals surface area contributed by atoms with Gasteiger partial charge in [-0.05, 0) is 24.6 Å². The summed E-state index contributed by atoms with van der Waals surface area (Å²) in [6.07, 6.45) is 3.23. The lowest BCUT2D eigenvalue weighted by atomic mass is 10.1. The van der Waals surface area contributed by atoms with E-state index in [0.29, 0.717) is 13.1 Å². The average Bonchev–Trinajstić information content (AvgIpc) is 2.47. The molecule has 0 radical (unpaired) electrons. The van der Waals surface area contributed by atoms with Crippen LogP contribution in [-0.4, -0.2) is 60.5 Å². The zero-order chi connectivity index (χ0) is 13.5. The molecule has 0 amide bonds. The van der Waals surface area contributed by atoms with Gasteiger partial charge >= 0.3 is 0 Å². The lowest BCUT2D eigenvalue weighted by molar-refractivity contribution is 0.0145. The molecule has 2 N–H and O–H groups in total. The molecule has 106 valence electrons. The van der Waals surface area contributed by atoms with E-state index in [-0.39, 0.29) is 12.1 Å². The van der Waals surface area contributed by atoms with Crippen molar-refractivity contribution in [3.8, 4) is 0 Å². The molecule has 1 aromatic rings. The Balaban J connectivity index is 1.69. The third kappa shape index (κ3) is 4.87. The molecule has 2 atom stereocenters. The van der Waals surface area contributed by atoms with Crippen molar-refractivity contribution in [2.75, 3.05) is 39.4 Å². The molecule has 1 unspecified atom stereocenters. The van der Waals surface area contributed by atoms with E-state index < -0.39 is 0 Å². The van der Waals surface area contributed by atoms with Crippen molar-refractivity contribution in [1.82, 2.24) is 15.2 Å². The number of β-amino-alcohol motifs (C(OH)–C–C–N with tert-alkyl or cyclic N) is 1. The van der Waals surface area contributed by atoms with Crippen LogP contribution in [0.5, 0.6) is 0 Å². The molecule has 0 aromatic carbocycles. The fourth-order valence-corrected chi connectivity index (χ4v) is 2.23. The zero-order valence-electron chi connectivity index (χ0n) is 11.5. The van der Waals surface area contributed by atoms with Gasteiger partial charge in [0.25, 0.3) is 0 Å². The Hall–Kier alpha value is -1.01. The van der Waals surface area contributed by atoms with Crippen LogP contribution in [0.1, 0.15) is 18.5 Å². The summed E-state index contributed by atoms with van der Waals surface area (Å²) < 4.78 is 5.29. The first-order chi connectivity index (χ1) is 9.25. The van der Waals surface area contributed by atoms with E-state index >= 15 is 0 Å². The first-order valence-electron chi connectivity index (χ1n) is 6.87. The normalized spacial score (nSPS) is 20.1. The van der Waals surface area contributed by atoms with Crippen molar-refractivity contribution in [2.24, 2.45) is 0 Å². The van der Waals surface area contributed by atoms with E-state index in [0.717, 1.165) is 26.3 Å². The van der Waals surface area contributed by atoms with Crippen LogP contribution in [0.15, 0.2) is 24.5 Å². The van der Waals surface area contributed by atoms with Crippen LogP contribution in [0.25, 0.3) is 0 Å². The van der Waals surface area contributed by atoms with Crippen molar-refractivity contribution in [2.45, 2.75) is 19.1 Å². The summed E-state index contributed by atoms with van der Waals surface area (Å²) in [7, 11) is 0. The molecule has 5 nitrogen and oxygen atoms in total. The van der Waals surface area contributed by atoms with Crippen molar-refractivity contribution >= 4 is 0 Å². The standard InChI is InChI=1S/C14H23N3O2/c1-12(13-2-4-15-5-3-13)16-10-14(18)11-17-6-8-19-9-7-17/h2-5,12,14,16,18H,6-11H2,1H3/t12-,14?/m1/s1. The Morgan fingerprint density at radius 3 is 2.74 bits per heavy atom. The predicted molar refractivity (Wildman–Crippen MR) is 73.9 cm³/mol. The number of rotatable bonds is 6. The zero-order valence-corrected chi connectivity index (χ0v) is 11.5.